The summed E-state index contributed by atoms with van der Waals surface area (Å²) in [5, 5.41) is 2.80. The highest BCUT2D eigenvalue weighted by atomic mass is 35.5. The number of aromatic nitrogens is 1. The molecular formula is C14H17ClF3N3O. The summed E-state index contributed by atoms with van der Waals surface area (Å²) < 4.78 is 37.7. The van der Waals surface area contributed by atoms with E-state index in [0.29, 0.717) is 13.1 Å². The van der Waals surface area contributed by atoms with E-state index in [1.54, 1.807) is 4.90 Å². The summed E-state index contributed by atoms with van der Waals surface area (Å²) in [6.07, 6.45) is -3.72. The minimum absolute atomic E-state index is 0.0653. The first-order valence-electron chi connectivity index (χ1n) is 6.77. The Hall–Kier alpha value is -1.50. The van der Waals surface area contributed by atoms with Crippen LogP contribution in [-0.2, 0) is 11.0 Å². The predicted octanol–water partition coefficient (Wildman–Crippen LogP) is 3.10. The number of rotatable bonds is 2. The van der Waals surface area contributed by atoms with Crippen molar-refractivity contribution in [2.24, 2.45) is 5.92 Å². The van der Waals surface area contributed by atoms with E-state index in [1.807, 2.05) is 20.8 Å². The number of carbonyl (C=O) groups excluding carboxylic acids is 1. The van der Waals surface area contributed by atoms with Gasteiger partial charge in [-0.1, -0.05) is 11.6 Å². The molecule has 4 nitrogen and oxygen atoms in total. The fourth-order valence-electron chi connectivity index (χ4n) is 2.11. The lowest BCUT2D eigenvalue weighted by atomic mass is 9.97. The highest BCUT2D eigenvalue weighted by Gasteiger charge is 2.37. The number of amides is 1. The molecule has 1 N–H and O–H groups in total. The maximum Gasteiger partial charge on any atom is 0.417 e. The SMILES string of the molecule is CC(C)(C)NC(=O)C1CN(c2ncc(C(F)(F)F)cc2Cl)C1. The van der Waals surface area contributed by atoms with Gasteiger partial charge in [-0.25, -0.2) is 4.98 Å². The maximum atomic E-state index is 12.6. The summed E-state index contributed by atoms with van der Waals surface area (Å²) >= 11 is 5.87. The third-order valence-electron chi connectivity index (χ3n) is 3.20. The van der Waals surface area contributed by atoms with Gasteiger partial charge < -0.3 is 10.2 Å². The molecule has 2 heterocycles. The van der Waals surface area contributed by atoms with Crippen LogP contribution in [0.2, 0.25) is 5.02 Å². The number of anilines is 1. The highest BCUT2D eigenvalue weighted by Crippen LogP contribution is 2.35. The molecule has 8 heteroatoms. The first kappa shape index (κ1) is 16.9. The van der Waals surface area contributed by atoms with Crippen molar-refractivity contribution in [3.05, 3.63) is 22.8 Å². The van der Waals surface area contributed by atoms with Gasteiger partial charge in [-0.15, -0.1) is 0 Å². The zero-order chi connectivity index (χ0) is 16.7. The lowest BCUT2D eigenvalue weighted by Gasteiger charge is -2.40. The number of hydrogen-bond acceptors (Lipinski definition) is 3. The monoisotopic (exact) mass is 335 g/mol. The van der Waals surface area contributed by atoms with Crippen molar-refractivity contribution < 1.29 is 18.0 Å². The quantitative estimate of drug-likeness (QED) is 0.903. The second kappa shape index (κ2) is 5.61. The molecule has 1 fully saturated rings. The Bertz CT molecular complexity index is 578. The second-order valence-electron chi connectivity index (χ2n) is 6.37. The standard InChI is InChI=1S/C14H17ClF3N3O/c1-13(2,3)20-12(22)8-6-21(7-8)11-10(15)4-9(5-19-11)14(16,17)18/h4-5,8H,6-7H2,1-3H3,(H,20,22). The first-order valence-corrected chi connectivity index (χ1v) is 7.15. The molecule has 2 rings (SSSR count). The van der Waals surface area contributed by atoms with Crippen LogP contribution < -0.4 is 10.2 Å². The molecule has 1 saturated heterocycles. The molecule has 0 atom stereocenters. The molecule has 0 aromatic carbocycles. The van der Waals surface area contributed by atoms with Gasteiger partial charge in [0, 0.05) is 24.8 Å². The lowest BCUT2D eigenvalue weighted by Crippen LogP contribution is -2.56. The summed E-state index contributed by atoms with van der Waals surface area (Å²) in [6, 6.07) is 0.854. The molecule has 1 aliphatic rings. The second-order valence-corrected chi connectivity index (χ2v) is 6.78. The summed E-state index contributed by atoms with van der Waals surface area (Å²) in [5.74, 6) is -0.0133. The van der Waals surface area contributed by atoms with Crippen LogP contribution in [0.1, 0.15) is 26.3 Å². The molecule has 0 aliphatic carbocycles. The number of nitrogens with zero attached hydrogens (tertiary/aromatic N) is 2. The number of pyridine rings is 1. The van der Waals surface area contributed by atoms with E-state index in [1.165, 1.54) is 0 Å². The molecule has 1 amide bonds. The molecule has 0 unspecified atom stereocenters. The van der Waals surface area contributed by atoms with Crippen LogP contribution in [0.25, 0.3) is 0 Å². The van der Waals surface area contributed by atoms with E-state index in [9.17, 15) is 18.0 Å². The van der Waals surface area contributed by atoms with Crippen molar-refractivity contribution in [1.29, 1.82) is 0 Å². The van der Waals surface area contributed by atoms with E-state index in [4.69, 9.17) is 11.6 Å². The summed E-state index contributed by atoms with van der Waals surface area (Å²) in [4.78, 5) is 17.4. The van der Waals surface area contributed by atoms with Crippen LogP contribution in [0, 0.1) is 5.92 Å². The molecule has 0 saturated carbocycles. The van der Waals surface area contributed by atoms with Crippen molar-refractivity contribution in [2.75, 3.05) is 18.0 Å². The number of hydrogen-bond donors (Lipinski definition) is 1. The van der Waals surface area contributed by atoms with Gasteiger partial charge in [-0.2, -0.15) is 13.2 Å². The van der Waals surface area contributed by atoms with Crippen LogP contribution in [0.5, 0.6) is 0 Å². The van der Waals surface area contributed by atoms with Gasteiger partial charge in [-0.05, 0) is 26.8 Å². The normalized spacial score (nSPS) is 16.4. The first-order chi connectivity index (χ1) is 9.97. The van der Waals surface area contributed by atoms with Gasteiger partial charge in [0.1, 0.15) is 5.82 Å². The molecule has 0 radical (unpaired) electrons. The highest BCUT2D eigenvalue weighted by molar-refractivity contribution is 6.33. The Morgan fingerprint density at radius 2 is 1.95 bits per heavy atom. The Morgan fingerprint density at radius 3 is 2.41 bits per heavy atom. The summed E-state index contributed by atoms with van der Waals surface area (Å²) in [5.41, 5.74) is -1.20. The fraction of sp³-hybridized carbons (Fsp3) is 0.571. The Labute approximate surface area is 131 Å². The van der Waals surface area contributed by atoms with Gasteiger partial charge in [0.15, 0.2) is 0 Å². The molecule has 22 heavy (non-hydrogen) atoms. The van der Waals surface area contributed by atoms with Gasteiger partial charge in [0.05, 0.1) is 16.5 Å². The van der Waals surface area contributed by atoms with Crippen molar-refractivity contribution in [1.82, 2.24) is 10.3 Å². The van der Waals surface area contributed by atoms with E-state index in [2.05, 4.69) is 10.3 Å². The zero-order valence-corrected chi connectivity index (χ0v) is 13.2. The number of nitrogens with one attached hydrogen (secondary N) is 1. The van der Waals surface area contributed by atoms with Crippen molar-refractivity contribution in [3.63, 3.8) is 0 Å². The van der Waals surface area contributed by atoms with Crippen molar-refractivity contribution in [2.45, 2.75) is 32.5 Å². The minimum atomic E-state index is -4.47. The van der Waals surface area contributed by atoms with E-state index in [-0.39, 0.29) is 28.2 Å². The van der Waals surface area contributed by atoms with Crippen LogP contribution in [0.3, 0.4) is 0 Å². The Kier molecular flexibility index (Phi) is 4.30. The van der Waals surface area contributed by atoms with E-state index in [0.717, 1.165) is 12.3 Å². The van der Waals surface area contributed by atoms with E-state index >= 15 is 0 Å². The zero-order valence-electron chi connectivity index (χ0n) is 12.5. The summed E-state index contributed by atoms with van der Waals surface area (Å²) in [7, 11) is 0. The lowest BCUT2D eigenvalue weighted by molar-refractivity contribution is -0.137. The number of halogens is 4. The number of alkyl halides is 3. The third-order valence-corrected chi connectivity index (χ3v) is 3.48. The average molecular weight is 336 g/mol. The molecule has 1 aromatic rings. The van der Waals surface area contributed by atoms with Gasteiger partial charge in [0.2, 0.25) is 5.91 Å². The predicted molar refractivity (Wildman–Crippen MR) is 77.8 cm³/mol. The largest absolute Gasteiger partial charge is 0.417 e. The maximum absolute atomic E-state index is 12.6. The van der Waals surface area contributed by atoms with Gasteiger partial charge in [-0.3, -0.25) is 4.79 Å². The molecule has 0 bridgehead atoms. The van der Waals surface area contributed by atoms with Gasteiger partial charge in [0.25, 0.3) is 0 Å². The average Bonchev–Trinajstić information content (AvgIpc) is 2.25. The molecular weight excluding hydrogens is 319 g/mol. The van der Waals surface area contributed by atoms with Crippen molar-refractivity contribution in [3.8, 4) is 0 Å². The fourth-order valence-corrected chi connectivity index (χ4v) is 2.39. The smallest absolute Gasteiger partial charge is 0.354 e. The molecule has 0 spiro atoms. The van der Waals surface area contributed by atoms with Crippen LogP contribution in [0.15, 0.2) is 12.3 Å². The topological polar surface area (TPSA) is 45.2 Å². The van der Waals surface area contributed by atoms with E-state index < -0.39 is 11.7 Å². The Morgan fingerprint density at radius 1 is 1.36 bits per heavy atom. The van der Waals surface area contributed by atoms with Crippen LogP contribution in [-0.4, -0.2) is 29.5 Å². The van der Waals surface area contributed by atoms with Crippen LogP contribution in [0.4, 0.5) is 19.0 Å². The van der Waals surface area contributed by atoms with Crippen LogP contribution >= 0.6 is 11.6 Å². The number of carbonyl (C=O) groups is 1. The van der Waals surface area contributed by atoms with Crippen molar-refractivity contribution >= 4 is 23.3 Å². The minimum Gasteiger partial charge on any atom is -0.354 e. The molecule has 122 valence electrons. The summed E-state index contributed by atoms with van der Waals surface area (Å²) in [6.45, 7) is 6.43. The molecule has 1 aliphatic heterocycles. The third kappa shape index (κ3) is 3.82. The molecule has 1 aromatic heterocycles. The Balaban J connectivity index is 2.01. The van der Waals surface area contributed by atoms with Gasteiger partial charge >= 0.3 is 6.18 Å².